The van der Waals surface area contributed by atoms with Gasteiger partial charge in [0.25, 0.3) is 5.91 Å². The molecule has 1 aliphatic rings. The number of aryl methyl sites for hydroxylation is 1. The summed E-state index contributed by atoms with van der Waals surface area (Å²) in [6.45, 7) is 4.73. The molecule has 0 radical (unpaired) electrons. The van der Waals surface area contributed by atoms with Gasteiger partial charge >= 0.3 is 0 Å². The maximum Gasteiger partial charge on any atom is 0.251 e. The van der Waals surface area contributed by atoms with E-state index in [0.29, 0.717) is 24.4 Å². The fraction of sp³-hybridized carbons (Fsp3) is 0.421. The Bertz CT molecular complexity index is 882. The fourth-order valence-corrected chi connectivity index (χ4v) is 4.65. The predicted molar refractivity (Wildman–Crippen MR) is 98.4 cm³/mol. The van der Waals surface area contributed by atoms with E-state index in [1.165, 1.54) is 10.4 Å². The van der Waals surface area contributed by atoms with Crippen LogP contribution in [0.4, 0.5) is 0 Å². The first-order chi connectivity index (χ1) is 12.4. The summed E-state index contributed by atoms with van der Waals surface area (Å²) < 4.78 is 32.6. The number of benzene rings is 1. The van der Waals surface area contributed by atoms with Gasteiger partial charge in [0.05, 0.1) is 10.9 Å². The zero-order valence-electron chi connectivity index (χ0n) is 15.1. The molecule has 0 bridgehead atoms. The third-order valence-corrected chi connectivity index (χ3v) is 6.48. The van der Waals surface area contributed by atoms with Crippen LogP contribution >= 0.6 is 0 Å². The molecule has 1 fully saturated rings. The topological polar surface area (TPSA) is 79.6 Å². The second kappa shape index (κ2) is 7.63. The third-order valence-electron chi connectivity index (χ3n) is 4.58. The van der Waals surface area contributed by atoms with Crippen molar-refractivity contribution in [3.63, 3.8) is 0 Å². The SMILES string of the molecule is Cc1ccc(C(C)NC(=O)c2cccc(S(=O)(=O)N3CCCCC3)c2)o1. The van der Waals surface area contributed by atoms with Crippen LogP contribution < -0.4 is 5.32 Å². The lowest BCUT2D eigenvalue weighted by Gasteiger charge is -2.26. The number of nitrogens with one attached hydrogen (secondary N) is 1. The van der Waals surface area contributed by atoms with Gasteiger partial charge in [-0.15, -0.1) is 0 Å². The van der Waals surface area contributed by atoms with E-state index in [1.807, 2.05) is 26.0 Å². The summed E-state index contributed by atoms with van der Waals surface area (Å²) in [6.07, 6.45) is 2.80. The smallest absolute Gasteiger partial charge is 0.251 e. The normalized spacial score (nSPS) is 17.0. The van der Waals surface area contributed by atoms with E-state index >= 15 is 0 Å². The summed E-state index contributed by atoms with van der Waals surface area (Å²) >= 11 is 0. The number of carbonyl (C=O) groups is 1. The van der Waals surface area contributed by atoms with E-state index in [1.54, 1.807) is 18.2 Å². The predicted octanol–water partition coefficient (Wildman–Crippen LogP) is 3.25. The van der Waals surface area contributed by atoms with Gasteiger partial charge in [0, 0.05) is 18.7 Å². The van der Waals surface area contributed by atoms with E-state index < -0.39 is 10.0 Å². The Hall–Kier alpha value is -2.12. The zero-order valence-corrected chi connectivity index (χ0v) is 15.9. The van der Waals surface area contributed by atoms with Crippen molar-refractivity contribution in [2.75, 3.05) is 13.1 Å². The minimum absolute atomic E-state index is 0.161. The molecule has 1 aliphatic heterocycles. The molecular weight excluding hydrogens is 352 g/mol. The average Bonchev–Trinajstić information content (AvgIpc) is 3.09. The summed E-state index contributed by atoms with van der Waals surface area (Å²) in [4.78, 5) is 12.7. The van der Waals surface area contributed by atoms with Gasteiger partial charge in [-0.1, -0.05) is 12.5 Å². The van der Waals surface area contributed by atoms with Crippen molar-refractivity contribution >= 4 is 15.9 Å². The molecule has 140 valence electrons. The van der Waals surface area contributed by atoms with Crippen LogP contribution in [-0.2, 0) is 10.0 Å². The van der Waals surface area contributed by atoms with Gasteiger partial charge < -0.3 is 9.73 Å². The number of rotatable bonds is 5. The second-order valence-corrected chi connectivity index (χ2v) is 8.57. The quantitative estimate of drug-likeness (QED) is 0.869. The molecule has 1 aromatic carbocycles. The van der Waals surface area contributed by atoms with Crippen LogP contribution in [-0.4, -0.2) is 31.7 Å². The van der Waals surface area contributed by atoms with E-state index in [0.717, 1.165) is 25.0 Å². The maximum atomic E-state index is 12.8. The van der Waals surface area contributed by atoms with E-state index in [2.05, 4.69) is 5.32 Å². The van der Waals surface area contributed by atoms with E-state index in [9.17, 15) is 13.2 Å². The Labute approximate surface area is 154 Å². The first-order valence-electron chi connectivity index (χ1n) is 8.85. The van der Waals surface area contributed by atoms with E-state index in [-0.39, 0.29) is 16.8 Å². The number of piperidine rings is 1. The number of sulfonamides is 1. The van der Waals surface area contributed by atoms with Gasteiger partial charge in [-0.05, 0) is 57.0 Å². The fourth-order valence-electron chi connectivity index (χ4n) is 3.09. The average molecular weight is 376 g/mol. The van der Waals surface area contributed by atoms with Crippen molar-refractivity contribution < 1.29 is 17.6 Å². The highest BCUT2D eigenvalue weighted by atomic mass is 32.2. The molecule has 0 spiro atoms. The number of carbonyl (C=O) groups excluding carboxylic acids is 1. The lowest BCUT2D eigenvalue weighted by Crippen LogP contribution is -2.35. The molecule has 1 atom stereocenters. The first kappa shape index (κ1) is 18.7. The number of hydrogen-bond acceptors (Lipinski definition) is 4. The number of furan rings is 1. The summed E-state index contributed by atoms with van der Waals surface area (Å²) in [6, 6.07) is 9.55. The van der Waals surface area contributed by atoms with Crippen molar-refractivity contribution in [1.29, 1.82) is 0 Å². The Morgan fingerprint density at radius 1 is 1.15 bits per heavy atom. The number of hydrogen-bond donors (Lipinski definition) is 1. The monoisotopic (exact) mass is 376 g/mol. The molecule has 1 amide bonds. The van der Waals surface area contributed by atoms with Crippen LogP contribution in [0.2, 0.25) is 0 Å². The lowest BCUT2D eigenvalue weighted by atomic mass is 10.2. The van der Waals surface area contributed by atoms with Crippen molar-refractivity contribution in [2.24, 2.45) is 0 Å². The molecule has 0 aliphatic carbocycles. The third kappa shape index (κ3) is 3.99. The Balaban J connectivity index is 1.77. The van der Waals surface area contributed by atoms with Crippen LogP contribution in [0.5, 0.6) is 0 Å². The van der Waals surface area contributed by atoms with Crippen LogP contribution in [0.15, 0.2) is 45.7 Å². The van der Waals surface area contributed by atoms with Crippen LogP contribution in [0, 0.1) is 6.92 Å². The second-order valence-electron chi connectivity index (χ2n) is 6.64. The van der Waals surface area contributed by atoms with Crippen LogP contribution in [0.1, 0.15) is 54.1 Å². The van der Waals surface area contributed by atoms with Crippen LogP contribution in [0.3, 0.4) is 0 Å². The van der Waals surface area contributed by atoms with Gasteiger partial charge in [0.2, 0.25) is 10.0 Å². The summed E-state index contributed by atoms with van der Waals surface area (Å²) in [7, 11) is -3.56. The molecule has 0 saturated carbocycles. The molecule has 6 nitrogen and oxygen atoms in total. The van der Waals surface area contributed by atoms with Gasteiger partial charge in [-0.25, -0.2) is 8.42 Å². The zero-order chi connectivity index (χ0) is 18.7. The van der Waals surface area contributed by atoms with E-state index in [4.69, 9.17) is 4.42 Å². The highest BCUT2D eigenvalue weighted by molar-refractivity contribution is 7.89. The molecule has 3 rings (SSSR count). The standard InChI is InChI=1S/C19H24N2O4S/c1-14-9-10-18(25-14)15(2)20-19(22)16-7-6-8-17(13-16)26(23,24)21-11-4-3-5-12-21/h6-10,13,15H,3-5,11-12H2,1-2H3,(H,20,22). The summed E-state index contributed by atoms with van der Waals surface area (Å²) in [5.74, 6) is 1.10. The van der Waals surface area contributed by atoms with Gasteiger partial charge in [-0.2, -0.15) is 4.31 Å². The molecule has 26 heavy (non-hydrogen) atoms. The Morgan fingerprint density at radius 3 is 2.54 bits per heavy atom. The highest BCUT2D eigenvalue weighted by Gasteiger charge is 2.26. The van der Waals surface area contributed by atoms with Gasteiger partial charge in [0.1, 0.15) is 11.5 Å². The van der Waals surface area contributed by atoms with Crippen LogP contribution in [0.25, 0.3) is 0 Å². The molecule has 1 N–H and O–H groups in total. The minimum atomic E-state index is -3.56. The van der Waals surface area contributed by atoms with Crippen molar-refractivity contribution in [2.45, 2.75) is 44.0 Å². The van der Waals surface area contributed by atoms with Gasteiger partial charge in [0.15, 0.2) is 0 Å². The molecule has 1 aromatic heterocycles. The molecule has 2 aromatic rings. The molecule has 1 saturated heterocycles. The van der Waals surface area contributed by atoms with Crippen molar-refractivity contribution in [3.05, 3.63) is 53.5 Å². The summed E-state index contributed by atoms with van der Waals surface area (Å²) in [5.41, 5.74) is 0.318. The Kier molecular flexibility index (Phi) is 5.48. The molecule has 7 heteroatoms. The Morgan fingerprint density at radius 2 is 1.88 bits per heavy atom. The highest BCUT2D eigenvalue weighted by Crippen LogP contribution is 2.22. The first-order valence-corrected chi connectivity index (χ1v) is 10.3. The minimum Gasteiger partial charge on any atom is -0.464 e. The van der Waals surface area contributed by atoms with Crippen molar-refractivity contribution in [3.8, 4) is 0 Å². The maximum absolute atomic E-state index is 12.8. The lowest BCUT2D eigenvalue weighted by molar-refractivity contribution is 0.0935. The molecular formula is C19H24N2O4S. The van der Waals surface area contributed by atoms with Crippen molar-refractivity contribution in [1.82, 2.24) is 9.62 Å². The number of amides is 1. The summed E-state index contributed by atoms with van der Waals surface area (Å²) in [5, 5.41) is 2.84. The largest absolute Gasteiger partial charge is 0.464 e. The number of nitrogens with zero attached hydrogens (tertiary/aromatic N) is 1. The molecule has 2 heterocycles. The van der Waals surface area contributed by atoms with Gasteiger partial charge in [-0.3, -0.25) is 4.79 Å². The molecule has 1 unspecified atom stereocenters.